The van der Waals surface area contributed by atoms with Crippen LogP contribution in [-0.4, -0.2) is 18.7 Å². The van der Waals surface area contributed by atoms with Crippen LogP contribution in [0.3, 0.4) is 0 Å². The van der Waals surface area contributed by atoms with Crippen molar-refractivity contribution in [3.8, 4) is 5.75 Å². The number of benzene rings is 1. The molecule has 2 aliphatic rings. The van der Waals surface area contributed by atoms with E-state index in [9.17, 15) is 0 Å². The van der Waals surface area contributed by atoms with Crippen LogP contribution in [0.25, 0.3) is 0 Å². The first kappa shape index (κ1) is 15.4. The van der Waals surface area contributed by atoms with E-state index < -0.39 is 0 Å². The Balaban J connectivity index is 1.76. The van der Waals surface area contributed by atoms with E-state index in [-0.39, 0.29) is 0 Å². The predicted octanol–water partition coefficient (Wildman–Crippen LogP) is 4.92. The minimum absolute atomic E-state index is 0.363. The van der Waals surface area contributed by atoms with E-state index >= 15 is 0 Å². The summed E-state index contributed by atoms with van der Waals surface area (Å²) in [6.07, 6.45) is 9.66. The number of halogens is 1. The van der Waals surface area contributed by atoms with Gasteiger partial charge < -0.3 is 10.1 Å². The highest BCUT2D eigenvalue weighted by molar-refractivity contribution is 9.10. The summed E-state index contributed by atoms with van der Waals surface area (Å²) in [4.78, 5) is 0. The minimum Gasteiger partial charge on any atom is -0.489 e. The summed E-state index contributed by atoms with van der Waals surface area (Å²) in [5.74, 6) is 1.00. The molecule has 21 heavy (non-hydrogen) atoms. The molecule has 0 aliphatic heterocycles. The summed E-state index contributed by atoms with van der Waals surface area (Å²) in [6.45, 7) is 3.28. The molecular weight excluding hydrogens is 326 g/mol. The van der Waals surface area contributed by atoms with Gasteiger partial charge in [0.25, 0.3) is 0 Å². The maximum Gasteiger partial charge on any atom is 0.133 e. The van der Waals surface area contributed by atoms with Gasteiger partial charge in [-0.05, 0) is 47.4 Å². The molecule has 0 amide bonds. The third kappa shape index (κ3) is 3.00. The molecule has 1 spiro atoms. The zero-order valence-electron chi connectivity index (χ0n) is 12.9. The Labute approximate surface area is 136 Å². The smallest absolute Gasteiger partial charge is 0.133 e. The van der Waals surface area contributed by atoms with Crippen LogP contribution in [0.15, 0.2) is 28.7 Å². The Morgan fingerprint density at radius 1 is 1.19 bits per heavy atom. The third-order valence-electron chi connectivity index (χ3n) is 5.38. The van der Waals surface area contributed by atoms with Crippen molar-refractivity contribution in [2.24, 2.45) is 5.41 Å². The molecule has 0 saturated heterocycles. The Hall–Kier alpha value is -0.540. The van der Waals surface area contributed by atoms with Gasteiger partial charge in [-0.25, -0.2) is 0 Å². The van der Waals surface area contributed by atoms with Gasteiger partial charge in [-0.3, -0.25) is 0 Å². The lowest BCUT2D eigenvalue weighted by molar-refractivity contribution is -0.0903. The Kier molecular flexibility index (Phi) is 4.90. The van der Waals surface area contributed by atoms with Crippen LogP contribution in [0.4, 0.5) is 0 Å². The first-order chi connectivity index (χ1) is 10.3. The molecule has 1 N–H and O–H groups in total. The molecule has 0 heterocycles. The van der Waals surface area contributed by atoms with Gasteiger partial charge >= 0.3 is 0 Å². The van der Waals surface area contributed by atoms with Crippen LogP contribution in [0.1, 0.15) is 51.9 Å². The topological polar surface area (TPSA) is 21.3 Å². The molecule has 2 unspecified atom stereocenters. The van der Waals surface area contributed by atoms with Gasteiger partial charge in [-0.1, -0.05) is 44.7 Å². The summed E-state index contributed by atoms with van der Waals surface area (Å²) in [5, 5.41) is 3.71. The zero-order valence-corrected chi connectivity index (χ0v) is 14.5. The number of rotatable bonds is 4. The molecule has 1 aromatic carbocycles. The van der Waals surface area contributed by atoms with E-state index in [1.54, 1.807) is 0 Å². The van der Waals surface area contributed by atoms with Crippen molar-refractivity contribution in [2.45, 2.75) is 64.0 Å². The van der Waals surface area contributed by atoms with Crippen LogP contribution >= 0.6 is 15.9 Å². The van der Waals surface area contributed by atoms with Crippen LogP contribution in [0, 0.1) is 5.41 Å². The molecule has 2 fully saturated rings. The van der Waals surface area contributed by atoms with Gasteiger partial charge in [0.15, 0.2) is 0 Å². The second-order valence-corrected chi connectivity index (χ2v) is 7.38. The fourth-order valence-electron chi connectivity index (χ4n) is 4.20. The van der Waals surface area contributed by atoms with Crippen molar-refractivity contribution >= 4 is 15.9 Å². The summed E-state index contributed by atoms with van der Waals surface area (Å²) < 4.78 is 7.49. The summed E-state index contributed by atoms with van der Waals surface area (Å²) >= 11 is 3.61. The van der Waals surface area contributed by atoms with Gasteiger partial charge in [0.1, 0.15) is 11.9 Å². The average Bonchev–Trinajstić information content (AvgIpc) is 2.76. The monoisotopic (exact) mass is 351 g/mol. The quantitative estimate of drug-likeness (QED) is 0.831. The highest BCUT2D eigenvalue weighted by Crippen LogP contribution is 2.52. The summed E-state index contributed by atoms with van der Waals surface area (Å²) in [7, 11) is 0. The zero-order chi connectivity index (χ0) is 14.7. The van der Waals surface area contributed by atoms with Crippen molar-refractivity contribution in [2.75, 3.05) is 6.54 Å². The molecule has 2 aliphatic carbocycles. The number of para-hydroxylation sites is 1. The molecule has 3 heteroatoms. The molecule has 2 atom stereocenters. The molecule has 0 radical (unpaired) electrons. The van der Waals surface area contributed by atoms with Crippen molar-refractivity contribution in [1.29, 1.82) is 0 Å². The number of ether oxygens (including phenoxy) is 1. The van der Waals surface area contributed by atoms with Gasteiger partial charge in [0, 0.05) is 17.9 Å². The summed E-state index contributed by atoms with van der Waals surface area (Å²) in [5.41, 5.74) is 0.363. The Morgan fingerprint density at radius 2 is 1.90 bits per heavy atom. The standard InChI is InChI=1S/C18H26BrNO/c1-2-20-16-13-17(18(16)11-7-3-4-8-12-18)21-15-10-6-5-9-14(15)19/h5-6,9-10,16-17,20H,2-4,7-8,11-13H2,1H3. The van der Waals surface area contributed by atoms with E-state index in [0.29, 0.717) is 17.6 Å². The lowest BCUT2D eigenvalue weighted by Gasteiger charge is -2.56. The molecular formula is C18H26BrNO. The molecule has 1 aromatic rings. The van der Waals surface area contributed by atoms with Gasteiger partial charge in [-0.15, -0.1) is 0 Å². The van der Waals surface area contributed by atoms with Crippen LogP contribution < -0.4 is 10.1 Å². The molecule has 0 aromatic heterocycles. The third-order valence-corrected chi connectivity index (χ3v) is 6.03. The predicted molar refractivity (Wildman–Crippen MR) is 90.8 cm³/mol. The van der Waals surface area contributed by atoms with Gasteiger partial charge in [0.05, 0.1) is 4.47 Å². The largest absolute Gasteiger partial charge is 0.489 e. The SMILES string of the molecule is CCNC1CC(Oc2ccccc2Br)C12CCCCCC2. The first-order valence-corrected chi connectivity index (χ1v) is 9.20. The van der Waals surface area contributed by atoms with Gasteiger partial charge in [0.2, 0.25) is 0 Å². The number of hydrogen-bond acceptors (Lipinski definition) is 2. The van der Waals surface area contributed by atoms with Crippen LogP contribution in [-0.2, 0) is 0 Å². The molecule has 0 bridgehead atoms. The fraction of sp³-hybridized carbons (Fsp3) is 0.667. The Bertz CT molecular complexity index is 468. The number of hydrogen-bond donors (Lipinski definition) is 1. The lowest BCUT2D eigenvalue weighted by atomic mass is 9.57. The van der Waals surface area contributed by atoms with Crippen molar-refractivity contribution in [3.63, 3.8) is 0 Å². The highest BCUT2D eigenvalue weighted by Gasteiger charge is 2.55. The van der Waals surface area contributed by atoms with Crippen molar-refractivity contribution in [1.82, 2.24) is 5.32 Å². The van der Waals surface area contributed by atoms with Crippen molar-refractivity contribution < 1.29 is 4.74 Å². The van der Waals surface area contributed by atoms with E-state index in [4.69, 9.17) is 4.74 Å². The second kappa shape index (κ2) is 6.70. The van der Waals surface area contributed by atoms with E-state index in [1.165, 1.54) is 38.5 Å². The van der Waals surface area contributed by atoms with Crippen molar-refractivity contribution in [3.05, 3.63) is 28.7 Å². The van der Waals surface area contributed by atoms with Gasteiger partial charge in [-0.2, -0.15) is 0 Å². The molecule has 116 valence electrons. The minimum atomic E-state index is 0.363. The second-order valence-electron chi connectivity index (χ2n) is 6.53. The normalized spacial score (nSPS) is 27.9. The van der Waals surface area contributed by atoms with E-state index in [1.807, 2.05) is 6.07 Å². The Morgan fingerprint density at radius 3 is 2.57 bits per heavy atom. The van der Waals surface area contributed by atoms with E-state index in [2.05, 4.69) is 46.4 Å². The molecule has 3 rings (SSSR count). The molecule has 2 saturated carbocycles. The number of nitrogens with one attached hydrogen (secondary N) is 1. The van der Waals surface area contributed by atoms with Crippen LogP contribution in [0.2, 0.25) is 0 Å². The van der Waals surface area contributed by atoms with Crippen LogP contribution in [0.5, 0.6) is 5.75 Å². The van der Waals surface area contributed by atoms with E-state index in [0.717, 1.165) is 23.2 Å². The molecule has 2 nitrogen and oxygen atoms in total. The fourth-order valence-corrected chi connectivity index (χ4v) is 4.57. The lowest BCUT2D eigenvalue weighted by Crippen LogP contribution is -2.64. The first-order valence-electron chi connectivity index (χ1n) is 8.41. The maximum atomic E-state index is 6.42. The average molecular weight is 352 g/mol. The highest BCUT2D eigenvalue weighted by atomic mass is 79.9. The maximum absolute atomic E-state index is 6.42. The summed E-state index contributed by atoms with van der Waals surface area (Å²) in [6, 6.07) is 8.89.